The second kappa shape index (κ2) is 7.08. The fourth-order valence-electron chi connectivity index (χ4n) is 2.93. The topological polar surface area (TPSA) is 38.7 Å². The molecule has 4 aromatic rings. The Hall–Kier alpha value is -3.40. The zero-order chi connectivity index (χ0) is 18.8. The van der Waals surface area contributed by atoms with Crippen molar-refractivity contribution in [1.29, 1.82) is 0 Å². The lowest BCUT2D eigenvalue weighted by Crippen LogP contribution is -2.00. The quantitative estimate of drug-likeness (QED) is 0.478. The lowest BCUT2D eigenvalue weighted by atomic mass is 10.1. The number of aryl methyl sites for hydroxylation is 2. The molecule has 4 rings (SSSR count). The Bertz CT molecular complexity index is 1040. The summed E-state index contributed by atoms with van der Waals surface area (Å²) in [6, 6.07) is 22.3. The first-order valence-electron chi connectivity index (χ1n) is 8.74. The van der Waals surface area contributed by atoms with Crippen molar-refractivity contribution in [3.8, 4) is 34.2 Å². The van der Waals surface area contributed by atoms with Crippen molar-refractivity contribution < 1.29 is 4.39 Å². The third-order valence-electron chi connectivity index (χ3n) is 4.29. The molecule has 0 fully saturated rings. The van der Waals surface area contributed by atoms with E-state index in [0.29, 0.717) is 17.5 Å². The van der Waals surface area contributed by atoms with Crippen molar-refractivity contribution >= 4 is 0 Å². The van der Waals surface area contributed by atoms with Gasteiger partial charge in [-0.2, -0.15) is 0 Å². The minimum absolute atomic E-state index is 0.286. The van der Waals surface area contributed by atoms with Crippen molar-refractivity contribution in [3.05, 3.63) is 89.7 Å². The zero-order valence-corrected chi connectivity index (χ0v) is 15.1. The third kappa shape index (κ3) is 3.75. The molecule has 0 aliphatic rings. The maximum atomic E-state index is 13.3. The number of rotatable bonds is 3. The van der Waals surface area contributed by atoms with Gasteiger partial charge in [0, 0.05) is 16.7 Å². The molecule has 0 saturated heterocycles. The Labute approximate surface area is 157 Å². The van der Waals surface area contributed by atoms with Gasteiger partial charge in [-0.25, -0.2) is 19.3 Å². The van der Waals surface area contributed by atoms with E-state index >= 15 is 0 Å². The number of halogens is 1. The van der Waals surface area contributed by atoms with Crippen LogP contribution in [0.3, 0.4) is 0 Å². The molecule has 0 atom stereocenters. The van der Waals surface area contributed by atoms with E-state index in [2.05, 4.69) is 9.97 Å². The van der Waals surface area contributed by atoms with E-state index in [1.165, 1.54) is 12.1 Å². The summed E-state index contributed by atoms with van der Waals surface area (Å²) in [5, 5.41) is 0. The summed E-state index contributed by atoms with van der Waals surface area (Å²) < 4.78 is 13.3. The Kier molecular flexibility index (Phi) is 4.47. The lowest BCUT2D eigenvalue weighted by Gasteiger charge is -2.09. The summed E-state index contributed by atoms with van der Waals surface area (Å²) in [5.41, 5.74) is 4.87. The highest BCUT2D eigenvalue weighted by Crippen LogP contribution is 2.25. The van der Waals surface area contributed by atoms with E-state index in [-0.39, 0.29) is 5.82 Å². The van der Waals surface area contributed by atoms with E-state index < -0.39 is 0 Å². The van der Waals surface area contributed by atoms with Gasteiger partial charge in [0.2, 0.25) is 0 Å². The van der Waals surface area contributed by atoms with Gasteiger partial charge >= 0.3 is 0 Å². The molecule has 0 spiro atoms. The van der Waals surface area contributed by atoms with Crippen molar-refractivity contribution in [2.75, 3.05) is 0 Å². The third-order valence-corrected chi connectivity index (χ3v) is 4.29. The highest BCUT2D eigenvalue weighted by Gasteiger charge is 2.12. The van der Waals surface area contributed by atoms with Crippen LogP contribution < -0.4 is 0 Å². The second-order valence-corrected chi connectivity index (χ2v) is 6.55. The number of aromatic nitrogens is 3. The van der Waals surface area contributed by atoms with Crippen LogP contribution in [0.4, 0.5) is 4.39 Å². The molecule has 0 aliphatic heterocycles. The average molecular weight is 355 g/mol. The highest BCUT2D eigenvalue weighted by atomic mass is 19.1. The summed E-state index contributed by atoms with van der Waals surface area (Å²) >= 11 is 0. The van der Waals surface area contributed by atoms with Gasteiger partial charge in [-0.3, -0.25) is 0 Å². The average Bonchev–Trinajstić information content (AvgIpc) is 2.68. The first kappa shape index (κ1) is 17.0. The second-order valence-electron chi connectivity index (χ2n) is 6.55. The molecular weight excluding hydrogens is 337 g/mol. The smallest absolute Gasteiger partial charge is 0.164 e. The molecule has 132 valence electrons. The Morgan fingerprint density at radius 1 is 0.556 bits per heavy atom. The largest absolute Gasteiger partial charge is 0.208 e. The van der Waals surface area contributed by atoms with Crippen molar-refractivity contribution in [2.24, 2.45) is 0 Å². The Balaban J connectivity index is 1.92. The summed E-state index contributed by atoms with van der Waals surface area (Å²) in [7, 11) is 0. The normalized spacial score (nSPS) is 10.8. The monoisotopic (exact) mass is 355 g/mol. The minimum Gasteiger partial charge on any atom is -0.208 e. The van der Waals surface area contributed by atoms with Crippen molar-refractivity contribution in [1.82, 2.24) is 15.0 Å². The molecule has 27 heavy (non-hydrogen) atoms. The van der Waals surface area contributed by atoms with Crippen molar-refractivity contribution in [2.45, 2.75) is 13.8 Å². The predicted octanol–water partition coefficient (Wildman–Crippen LogP) is 5.63. The molecule has 0 bridgehead atoms. The van der Waals surface area contributed by atoms with Crippen LogP contribution >= 0.6 is 0 Å². The Morgan fingerprint density at radius 3 is 1.44 bits per heavy atom. The number of hydrogen-bond donors (Lipinski definition) is 0. The molecule has 0 amide bonds. The molecule has 4 heteroatoms. The first-order valence-corrected chi connectivity index (χ1v) is 8.74. The summed E-state index contributed by atoms with van der Waals surface area (Å²) in [6.45, 7) is 4.07. The van der Waals surface area contributed by atoms with Gasteiger partial charge in [0.25, 0.3) is 0 Å². The van der Waals surface area contributed by atoms with Gasteiger partial charge in [-0.05, 0) is 50.2 Å². The summed E-state index contributed by atoms with van der Waals surface area (Å²) in [5.74, 6) is 1.44. The van der Waals surface area contributed by atoms with Gasteiger partial charge in [-0.15, -0.1) is 0 Å². The Morgan fingerprint density at radius 2 is 1.00 bits per heavy atom. The van der Waals surface area contributed by atoms with Gasteiger partial charge < -0.3 is 0 Å². The van der Waals surface area contributed by atoms with Gasteiger partial charge in [-0.1, -0.05) is 47.5 Å². The number of nitrogens with zero attached hydrogens (tertiary/aromatic N) is 3. The van der Waals surface area contributed by atoms with Crippen LogP contribution in [0, 0.1) is 19.7 Å². The molecule has 3 nitrogen and oxygen atoms in total. The molecule has 0 saturated carbocycles. The molecule has 1 aromatic heterocycles. The van der Waals surface area contributed by atoms with Crippen LogP contribution in [-0.2, 0) is 0 Å². The van der Waals surface area contributed by atoms with Crippen LogP contribution in [0.5, 0.6) is 0 Å². The van der Waals surface area contributed by atoms with E-state index in [9.17, 15) is 4.39 Å². The van der Waals surface area contributed by atoms with Gasteiger partial charge in [0.15, 0.2) is 17.5 Å². The van der Waals surface area contributed by atoms with Gasteiger partial charge in [0.1, 0.15) is 5.82 Å². The predicted molar refractivity (Wildman–Crippen MR) is 106 cm³/mol. The van der Waals surface area contributed by atoms with Crippen LogP contribution in [0.1, 0.15) is 11.1 Å². The fraction of sp³-hybridized carbons (Fsp3) is 0.0870. The highest BCUT2D eigenvalue weighted by molar-refractivity contribution is 5.66. The summed E-state index contributed by atoms with van der Waals surface area (Å²) in [6.07, 6.45) is 0. The summed E-state index contributed by atoms with van der Waals surface area (Å²) in [4.78, 5) is 14.0. The standard InChI is InChI=1S/C23H18FN3/c1-15-5-3-7-18(13-15)22-25-21(17-9-11-20(24)12-10-17)26-23(27-22)19-8-4-6-16(2)14-19/h3-14H,1-2H3. The van der Waals surface area contributed by atoms with E-state index in [4.69, 9.17) is 4.98 Å². The fourth-order valence-corrected chi connectivity index (χ4v) is 2.93. The SMILES string of the molecule is Cc1cccc(-c2nc(-c3ccc(F)cc3)nc(-c3cccc(C)c3)n2)c1. The number of benzene rings is 3. The van der Waals surface area contributed by atoms with E-state index in [0.717, 1.165) is 27.8 Å². The zero-order valence-electron chi connectivity index (χ0n) is 15.1. The van der Waals surface area contributed by atoms with E-state index in [1.807, 2.05) is 62.4 Å². The number of hydrogen-bond acceptors (Lipinski definition) is 3. The van der Waals surface area contributed by atoms with E-state index in [1.54, 1.807) is 12.1 Å². The molecule has 0 unspecified atom stereocenters. The van der Waals surface area contributed by atoms with Crippen LogP contribution in [0.2, 0.25) is 0 Å². The van der Waals surface area contributed by atoms with Crippen LogP contribution in [0.25, 0.3) is 34.2 Å². The molecule has 0 N–H and O–H groups in total. The molecular formula is C23H18FN3. The van der Waals surface area contributed by atoms with Crippen molar-refractivity contribution in [3.63, 3.8) is 0 Å². The van der Waals surface area contributed by atoms with Crippen LogP contribution in [-0.4, -0.2) is 15.0 Å². The molecule has 0 radical (unpaired) electrons. The van der Waals surface area contributed by atoms with Gasteiger partial charge in [0.05, 0.1) is 0 Å². The maximum absolute atomic E-state index is 13.3. The lowest BCUT2D eigenvalue weighted by molar-refractivity contribution is 0.628. The van der Waals surface area contributed by atoms with Crippen LogP contribution in [0.15, 0.2) is 72.8 Å². The maximum Gasteiger partial charge on any atom is 0.164 e. The molecule has 3 aromatic carbocycles. The molecule has 0 aliphatic carbocycles. The molecule has 1 heterocycles. The first-order chi connectivity index (χ1) is 13.1. The minimum atomic E-state index is -0.286.